The third kappa shape index (κ3) is 4.86. The van der Waals surface area contributed by atoms with Crippen LogP contribution in [0.1, 0.15) is 30.5 Å². The fraction of sp³-hybridized carbons (Fsp3) is 0.294. The van der Waals surface area contributed by atoms with Crippen molar-refractivity contribution in [2.24, 2.45) is 0 Å². The van der Waals surface area contributed by atoms with Crippen LogP contribution in [0.4, 0.5) is 0 Å². The van der Waals surface area contributed by atoms with E-state index in [-0.39, 0.29) is 0 Å². The number of rotatable bonds is 6. The van der Waals surface area contributed by atoms with E-state index >= 15 is 0 Å². The van der Waals surface area contributed by atoms with Crippen LogP contribution < -0.4 is 5.32 Å². The van der Waals surface area contributed by atoms with Gasteiger partial charge in [0.25, 0.3) is 0 Å². The predicted molar refractivity (Wildman–Crippen MR) is 98.0 cm³/mol. The number of nitrogens with one attached hydrogen (secondary N) is 1. The van der Waals surface area contributed by atoms with Crippen LogP contribution >= 0.6 is 38.5 Å². The molecule has 0 amide bonds. The highest BCUT2D eigenvalue weighted by Crippen LogP contribution is 2.22. The third-order valence-corrected chi connectivity index (χ3v) is 4.38. The summed E-state index contributed by atoms with van der Waals surface area (Å²) in [6.45, 7) is 3.25. The van der Waals surface area contributed by atoms with Gasteiger partial charge in [0.2, 0.25) is 0 Å². The van der Waals surface area contributed by atoms with Crippen LogP contribution in [0.3, 0.4) is 0 Å². The van der Waals surface area contributed by atoms with E-state index in [2.05, 4.69) is 99.3 Å². The van der Waals surface area contributed by atoms with Crippen molar-refractivity contribution in [3.8, 4) is 0 Å². The molecule has 2 rings (SSSR count). The van der Waals surface area contributed by atoms with E-state index in [1.807, 2.05) is 0 Å². The molecule has 0 aliphatic heterocycles. The molecule has 0 radical (unpaired) electrons. The molecule has 2 aromatic carbocycles. The van der Waals surface area contributed by atoms with Crippen molar-refractivity contribution in [2.45, 2.75) is 25.8 Å². The van der Waals surface area contributed by atoms with Crippen LogP contribution in [0.5, 0.6) is 0 Å². The van der Waals surface area contributed by atoms with Gasteiger partial charge in [0.05, 0.1) is 0 Å². The summed E-state index contributed by atoms with van der Waals surface area (Å²) in [5.41, 5.74) is 2.72. The van der Waals surface area contributed by atoms with Crippen LogP contribution in [0, 0.1) is 3.57 Å². The van der Waals surface area contributed by atoms with Gasteiger partial charge in [-0.05, 0) is 77.4 Å². The molecule has 3 heteroatoms. The van der Waals surface area contributed by atoms with E-state index in [4.69, 9.17) is 0 Å². The van der Waals surface area contributed by atoms with E-state index in [1.165, 1.54) is 14.7 Å². The molecule has 20 heavy (non-hydrogen) atoms. The van der Waals surface area contributed by atoms with Crippen LogP contribution in [-0.2, 0) is 6.42 Å². The summed E-state index contributed by atoms with van der Waals surface area (Å²) in [5.74, 6) is 0. The van der Waals surface area contributed by atoms with Crippen LogP contribution in [0.15, 0.2) is 53.0 Å². The lowest BCUT2D eigenvalue weighted by Gasteiger charge is -2.19. The lowest BCUT2D eigenvalue weighted by molar-refractivity contribution is 0.529. The Labute approximate surface area is 143 Å². The Bertz CT molecular complexity index is 556. The largest absolute Gasteiger partial charge is 0.310 e. The molecule has 106 valence electrons. The topological polar surface area (TPSA) is 12.0 Å². The molecule has 0 saturated heterocycles. The van der Waals surface area contributed by atoms with E-state index in [1.54, 1.807) is 0 Å². The average Bonchev–Trinajstić information content (AvgIpc) is 2.43. The number of hydrogen-bond acceptors (Lipinski definition) is 1. The van der Waals surface area contributed by atoms with E-state index in [0.29, 0.717) is 6.04 Å². The monoisotopic (exact) mass is 443 g/mol. The highest BCUT2D eigenvalue weighted by molar-refractivity contribution is 14.1. The van der Waals surface area contributed by atoms with E-state index < -0.39 is 0 Å². The van der Waals surface area contributed by atoms with Gasteiger partial charge in [-0.15, -0.1) is 0 Å². The first-order valence-electron chi connectivity index (χ1n) is 6.92. The van der Waals surface area contributed by atoms with Crippen LogP contribution in [-0.4, -0.2) is 6.54 Å². The fourth-order valence-corrected chi connectivity index (χ4v) is 3.26. The molecule has 1 atom stereocenters. The first kappa shape index (κ1) is 16.0. The van der Waals surface area contributed by atoms with Gasteiger partial charge in [-0.25, -0.2) is 0 Å². The quantitative estimate of drug-likeness (QED) is 0.594. The van der Waals surface area contributed by atoms with Gasteiger partial charge in [-0.2, -0.15) is 0 Å². The Morgan fingerprint density at radius 3 is 2.65 bits per heavy atom. The van der Waals surface area contributed by atoms with Gasteiger partial charge in [-0.1, -0.05) is 47.1 Å². The predicted octanol–water partition coefficient (Wildman–Crippen LogP) is 5.34. The van der Waals surface area contributed by atoms with Gasteiger partial charge in [0.15, 0.2) is 0 Å². The Morgan fingerprint density at radius 2 is 1.95 bits per heavy atom. The molecule has 1 N–H and O–H groups in total. The summed E-state index contributed by atoms with van der Waals surface area (Å²) in [4.78, 5) is 0. The Kier molecular flexibility index (Phi) is 6.52. The van der Waals surface area contributed by atoms with E-state index in [9.17, 15) is 0 Å². The van der Waals surface area contributed by atoms with Crippen LogP contribution in [0.25, 0.3) is 0 Å². The normalized spacial score (nSPS) is 12.3. The SMILES string of the molecule is CCCNC(Cc1cccc(Br)c1)c1cccc(I)c1. The van der Waals surface area contributed by atoms with Crippen molar-refractivity contribution in [3.63, 3.8) is 0 Å². The maximum atomic E-state index is 3.66. The minimum absolute atomic E-state index is 0.374. The van der Waals surface area contributed by atoms with Crippen molar-refractivity contribution in [2.75, 3.05) is 6.54 Å². The van der Waals surface area contributed by atoms with Crippen molar-refractivity contribution >= 4 is 38.5 Å². The Morgan fingerprint density at radius 1 is 1.15 bits per heavy atom. The molecule has 1 nitrogen and oxygen atoms in total. The maximum absolute atomic E-state index is 3.66. The molecule has 1 unspecified atom stereocenters. The molecule has 0 heterocycles. The zero-order chi connectivity index (χ0) is 14.4. The minimum Gasteiger partial charge on any atom is -0.310 e. The number of hydrogen-bond donors (Lipinski definition) is 1. The molecule has 0 aromatic heterocycles. The summed E-state index contributed by atoms with van der Waals surface area (Å²) in [6.07, 6.45) is 2.17. The zero-order valence-electron chi connectivity index (χ0n) is 11.6. The third-order valence-electron chi connectivity index (χ3n) is 3.22. The number of halogens is 2. The average molecular weight is 444 g/mol. The first-order valence-corrected chi connectivity index (χ1v) is 8.79. The molecule has 0 aliphatic carbocycles. The van der Waals surface area contributed by atoms with Crippen molar-refractivity contribution < 1.29 is 0 Å². The van der Waals surface area contributed by atoms with Gasteiger partial charge in [-0.3, -0.25) is 0 Å². The van der Waals surface area contributed by atoms with Gasteiger partial charge >= 0.3 is 0 Å². The van der Waals surface area contributed by atoms with Crippen molar-refractivity contribution in [1.29, 1.82) is 0 Å². The van der Waals surface area contributed by atoms with Crippen molar-refractivity contribution in [3.05, 3.63) is 67.7 Å². The van der Waals surface area contributed by atoms with Gasteiger partial charge in [0.1, 0.15) is 0 Å². The number of benzene rings is 2. The Hall–Kier alpha value is -0.390. The van der Waals surface area contributed by atoms with Gasteiger partial charge < -0.3 is 5.32 Å². The standard InChI is InChI=1S/C17H19BrIN/c1-2-9-20-17(14-6-4-8-16(19)12-14)11-13-5-3-7-15(18)10-13/h3-8,10,12,17,20H,2,9,11H2,1H3. The molecule has 0 aliphatic rings. The highest BCUT2D eigenvalue weighted by atomic mass is 127. The summed E-state index contributed by atoms with van der Waals surface area (Å²) in [6, 6.07) is 17.7. The maximum Gasteiger partial charge on any atom is 0.0361 e. The first-order chi connectivity index (χ1) is 9.69. The summed E-state index contributed by atoms with van der Waals surface area (Å²) in [5, 5.41) is 3.66. The molecular weight excluding hydrogens is 425 g/mol. The molecule has 0 bridgehead atoms. The highest BCUT2D eigenvalue weighted by Gasteiger charge is 2.12. The van der Waals surface area contributed by atoms with Gasteiger partial charge in [0, 0.05) is 14.1 Å². The Balaban J connectivity index is 2.19. The molecule has 2 aromatic rings. The molecular formula is C17H19BrIN. The molecule has 0 fully saturated rings. The van der Waals surface area contributed by atoms with Crippen LogP contribution in [0.2, 0.25) is 0 Å². The fourth-order valence-electron chi connectivity index (χ4n) is 2.25. The second kappa shape index (κ2) is 8.15. The lowest BCUT2D eigenvalue weighted by atomic mass is 9.99. The summed E-state index contributed by atoms with van der Waals surface area (Å²) < 4.78 is 2.43. The van der Waals surface area contributed by atoms with E-state index in [0.717, 1.165) is 23.9 Å². The van der Waals surface area contributed by atoms with Crippen molar-refractivity contribution in [1.82, 2.24) is 5.32 Å². The second-order valence-corrected chi connectivity index (χ2v) is 7.06. The zero-order valence-corrected chi connectivity index (χ0v) is 15.3. The second-order valence-electron chi connectivity index (χ2n) is 4.90. The summed E-state index contributed by atoms with van der Waals surface area (Å²) in [7, 11) is 0. The lowest BCUT2D eigenvalue weighted by Crippen LogP contribution is -2.24. The minimum atomic E-state index is 0.374. The smallest absolute Gasteiger partial charge is 0.0361 e. The molecule has 0 spiro atoms. The molecule has 0 saturated carbocycles. The summed E-state index contributed by atoms with van der Waals surface area (Å²) >= 11 is 5.93.